The van der Waals surface area contributed by atoms with Gasteiger partial charge in [0.15, 0.2) is 11.6 Å². The van der Waals surface area contributed by atoms with Crippen molar-refractivity contribution in [1.29, 1.82) is 5.26 Å². The number of nitrogens with zero attached hydrogens (tertiary/aromatic N) is 2. The highest BCUT2D eigenvalue weighted by molar-refractivity contribution is 5.46. The van der Waals surface area contributed by atoms with Gasteiger partial charge < -0.3 is 10.5 Å². The van der Waals surface area contributed by atoms with Gasteiger partial charge in [-0.05, 0) is 24.3 Å². The Balaban J connectivity index is 2.45. The lowest BCUT2D eigenvalue weighted by Gasteiger charge is -2.11. The summed E-state index contributed by atoms with van der Waals surface area (Å²) in [6.45, 7) is 0. The maximum absolute atomic E-state index is 13.6. The second kappa shape index (κ2) is 5.28. The summed E-state index contributed by atoms with van der Waals surface area (Å²) >= 11 is 0. The Bertz CT molecular complexity index is 722. The zero-order chi connectivity index (χ0) is 15.6. The lowest BCUT2D eigenvalue weighted by molar-refractivity contribution is -0.141. The zero-order valence-corrected chi connectivity index (χ0v) is 10.3. The second-order valence-corrected chi connectivity index (χ2v) is 3.95. The third-order valence-corrected chi connectivity index (χ3v) is 2.43. The van der Waals surface area contributed by atoms with Crippen LogP contribution in [0.3, 0.4) is 0 Å². The predicted octanol–water partition coefficient (Wildman–Crippen LogP) is 3.49. The van der Waals surface area contributed by atoms with Crippen LogP contribution in [0.5, 0.6) is 11.6 Å². The van der Waals surface area contributed by atoms with Crippen LogP contribution >= 0.6 is 0 Å². The van der Waals surface area contributed by atoms with Crippen molar-refractivity contribution in [2.75, 3.05) is 5.73 Å². The van der Waals surface area contributed by atoms with Crippen LogP contribution in [0.4, 0.5) is 23.2 Å². The number of ether oxygens (including phenoxy) is 1. The molecule has 0 fully saturated rings. The van der Waals surface area contributed by atoms with Crippen LogP contribution < -0.4 is 10.5 Å². The van der Waals surface area contributed by atoms with Gasteiger partial charge in [0, 0.05) is 11.8 Å². The lowest BCUT2D eigenvalue weighted by Crippen LogP contribution is -2.09. The van der Waals surface area contributed by atoms with Crippen LogP contribution in [0.15, 0.2) is 30.3 Å². The van der Waals surface area contributed by atoms with Crippen LogP contribution in [0, 0.1) is 17.1 Å². The average molecular weight is 297 g/mol. The SMILES string of the molecule is N#Cc1ccc(C(F)(F)F)nc1Oc1ccc(N)cc1F. The highest BCUT2D eigenvalue weighted by Crippen LogP contribution is 2.32. The van der Waals surface area contributed by atoms with Gasteiger partial charge in [-0.15, -0.1) is 0 Å². The van der Waals surface area contributed by atoms with Gasteiger partial charge in [0.05, 0.1) is 0 Å². The van der Waals surface area contributed by atoms with Crippen LogP contribution in [0.2, 0.25) is 0 Å². The maximum Gasteiger partial charge on any atom is 0.433 e. The molecule has 1 heterocycles. The summed E-state index contributed by atoms with van der Waals surface area (Å²) in [5, 5.41) is 8.84. The van der Waals surface area contributed by atoms with Crippen molar-refractivity contribution < 1.29 is 22.3 Å². The summed E-state index contributed by atoms with van der Waals surface area (Å²) in [5.41, 5.74) is 3.97. The van der Waals surface area contributed by atoms with Gasteiger partial charge in [0.2, 0.25) is 5.88 Å². The van der Waals surface area contributed by atoms with Gasteiger partial charge >= 0.3 is 6.18 Å². The first kappa shape index (κ1) is 14.6. The number of anilines is 1. The third-order valence-electron chi connectivity index (χ3n) is 2.43. The Kier molecular flexibility index (Phi) is 3.67. The third kappa shape index (κ3) is 3.20. The smallest absolute Gasteiger partial charge is 0.433 e. The van der Waals surface area contributed by atoms with E-state index < -0.39 is 23.6 Å². The zero-order valence-electron chi connectivity index (χ0n) is 10.3. The highest BCUT2D eigenvalue weighted by atomic mass is 19.4. The quantitative estimate of drug-likeness (QED) is 0.680. The van der Waals surface area contributed by atoms with E-state index in [1.807, 2.05) is 0 Å². The molecule has 0 saturated carbocycles. The average Bonchev–Trinajstić information content (AvgIpc) is 2.41. The minimum Gasteiger partial charge on any atom is -0.435 e. The molecule has 108 valence electrons. The second-order valence-electron chi connectivity index (χ2n) is 3.95. The molecule has 0 radical (unpaired) electrons. The van der Waals surface area contributed by atoms with Crippen molar-refractivity contribution in [3.05, 3.63) is 47.4 Å². The number of hydrogen-bond donors (Lipinski definition) is 1. The standard InChI is InChI=1S/C13H7F4N3O/c14-9-5-8(19)2-3-10(9)21-12-7(6-18)1-4-11(20-12)13(15,16)17/h1-5H,19H2. The van der Waals surface area contributed by atoms with Crippen LogP contribution in [-0.2, 0) is 6.18 Å². The van der Waals surface area contributed by atoms with E-state index in [1.165, 1.54) is 6.07 Å². The van der Waals surface area contributed by atoms with E-state index in [9.17, 15) is 17.6 Å². The summed E-state index contributed by atoms with van der Waals surface area (Å²) in [6.07, 6.45) is -4.70. The number of rotatable bonds is 2. The monoisotopic (exact) mass is 297 g/mol. The van der Waals surface area contributed by atoms with E-state index in [1.54, 1.807) is 6.07 Å². The number of hydrogen-bond acceptors (Lipinski definition) is 4. The first-order valence-corrected chi connectivity index (χ1v) is 5.52. The lowest BCUT2D eigenvalue weighted by atomic mass is 10.2. The molecule has 1 aromatic heterocycles. The molecule has 0 bridgehead atoms. The number of pyridine rings is 1. The summed E-state index contributed by atoms with van der Waals surface area (Å²) in [4.78, 5) is 3.21. The Morgan fingerprint density at radius 1 is 1.19 bits per heavy atom. The van der Waals surface area contributed by atoms with Crippen LogP contribution in [0.1, 0.15) is 11.3 Å². The normalized spacial score (nSPS) is 11.0. The molecule has 0 unspecified atom stereocenters. The van der Waals surface area contributed by atoms with Gasteiger partial charge in [0.25, 0.3) is 0 Å². The van der Waals surface area contributed by atoms with E-state index in [2.05, 4.69) is 4.98 Å². The topological polar surface area (TPSA) is 71.9 Å². The fourth-order valence-corrected chi connectivity index (χ4v) is 1.47. The molecule has 0 atom stereocenters. The number of nitrogens with two attached hydrogens (primary N) is 1. The number of alkyl halides is 3. The number of nitriles is 1. The number of benzene rings is 1. The molecule has 2 aromatic rings. The van der Waals surface area contributed by atoms with Crippen molar-refractivity contribution >= 4 is 5.69 Å². The highest BCUT2D eigenvalue weighted by Gasteiger charge is 2.33. The Morgan fingerprint density at radius 2 is 1.90 bits per heavy atom. The molecule has 1 aromatic carbocycles. The van der Waals surface area contributed by atoms with Gasteiger partial charge in [0.1, 0.15) is 17.3 Å². The summed E-state index contributed by atoms with van der Waals surface area (Å²) in [7, 11) is 0. The molecular weight excluding hydrogens is 290 g/mol. The van der Waals surface area contributed by atoms with Crippen molar-refractivity contribution in [2.24, 2.45) is 0 Å². The van der Waals surface area contributed by atoms with Crippen molar-refractivity contribution in [3.8, 4) is 17.7 Å². The largest absolute Gasteiger partial charge is 0.435 e. The fourth-order valence-electron chi connectivity index (χ4n) is 1.47. The Labute approximate surface area is 116 Å². The molecular formula is C13H7F4N3O. The maximum atomic E-state index is 13.6. The minimum absolute atomic E-state index is 0.123. The van der Waals surface area contributed by atoms with Gasteiger partial charge in [-0.1, -0.05) is 0 Å². The van der Waals surface area contributed by atoms with Crippen LogP contribution in [0.25, 0.3) is 0 Å². The van der Waals surface area contributed by atoms with Crippen LogP contribution in [-0.4, -0.2) is 4.98 Å². The van der Waals surface area contributed by atoms with E-state index in [-0.39, 0.29) is 17.0 Å². The summed E-state index contributed by atoms with van der Waals surface area (Å²) < 4.78 is 56.3. The first-order chi connectivity index (χ1) is 9.81. The minimum atomic E-state index is -4.70. The molecule has 2 rings (SSSR count). The number of halogens is 4. The molecule has 0 spiro atoms. The molecule has 2 N–H and O–H groups in total. The van der Waals surface area contributed by atoms with Crippen molar-refractivity contribution in [2.45, 2.75) is 6.18 Å². The molecule has 8 heteroatoms. The van der Waals surface area contributed by atoms with E-state index >= 15 is 0 Å². The van der Waals surface area contributed by atoms with Crippen molar-refractivity contribution in [1.82, 2.24) is 4.98 Å². The predicted molar refractivity (Wildman–Crippen MR) is 64.8 cm³/mol. The molecule has 0 aliphatic rings. The molecule has 0 amide bonds. The molecule has 0 aliphatic carbocycles. The van der Waals surface area contributed by atoms with Gasteiger partial charge in [-0.25, -0.2) is 9.37 Å². The Hall–Kier alpha value is -2.82. The summed E-state index contributed by atoms with van der Waals surface area (Å²) in [5.74, 6) is -1.89. The van der Waals surface area contributed by atoms with E-state index in [0.717, 1.165) is 18.2 Å². The van der Waals surface area contributed by atoms with Gasteiger partial charge in [-0.3, -0.25) is 0 Å². The van der Waals surface area contributed by atoms with Gasteiger partial charge in [-0.2, -0.15) is 18.4 Å². The molecule has 0 saturated heterocycles. The molecule has 21 heavy (non-hydrogen) atoms. The summed E-state index contributed by atoms with van der Waals surface area (Å²) in [6, 6.07) is 6.55. The Morgan fingerprint density at radius 3 is 2.48 bits per heavy atom. The molecule has 4 nitrogen and oxygen atoms in total. The van der Waals surface area contributed by atoms with E-state index in [0.29, 0.717) is 6.07 Å². The van der Waals surface area contributed by atoms with Crippen molar-refractivity contribution in [3.63, 3.8) is 0 Å². The van der Waals surface area contributed by atoms with E-state index in [4.69, 9.17) is 15.7 Å². The number of aromatic nitrogens is 1. The fraction of sp³-hybridized carbons (Fsp3) is 0.0769. The first-order valence-electron chi connectivity index (χ1n) is 5.52. The number of nitrogen functional groups attached to an aromatic ring is 1. The molecule has 0 aliphatic heterocycles.